The zero-order valence-electron chi connectivity index (χ0n) is 9.16. The predicted molar refractivity (Wildman–Crippen MR) is 58.8 cm³/mol. The highest BCUT2D eigenvalue weighted by atomic mass is 16.5. The molecule has 8 atom stereocenters. The van der Waals surface area contributed by atoms with E-state index in [0.717, 1.165) is 23.7 Å². The molecule has 84 valence electrons. The number of hydrogen-bond acceptors (Lipinski definition) is 2. The monoisotopic (exact) mass is 216 g/mol. The average Bonchev–Trinajstić information content (AvgIpc) is 3.07. The number of ether oxygens (including phenoxy) is 2. The second-order valence-electron chi connectivity index (χ2n) is 6.03. The molecule has 0 spiro atoms. The van der Waals surface area contributed by atoms with Gasteiger partial charge in [0.05, 0.1) is 24.4 Å². The highest BCUT2D eigenvalue weighted by molar-refractivity contribution is 5.22. The third-order valence-electron chi connectivity index (χ3n) is 5.49. The Balaban J connectivity index is 1.52. The summed E-state index contributed by atoms with van der Waals surface area (Å²) >= 11 is 0. The van der Waals surface area contributed by atoms with Gasteiger partial charge in [-0.1, -0.05) is 24.3 Å². The molecular formula is C14H16O2. The van der Waals surface area contributed by atoms with Crippen molar-refractivity contribution in [3.8, 4) is 0 Å². The molecule has 0 unspecified atom stereocenters. The third-order valence-corrected chi connectivity index (χ3v) is 5.49. The summed E-state index contributed by atoms with van der Waals surface area (Å²) in [4.78, 5) is 0. The molecule has 0 N–H and O–H groups in total. The maximum Gasteiger partial charge on any atom is 0.0796 e. The molecule has 0 amide bonds. The van der Waals surface area contributed by atoms with E-state index in [1.54, 1.807) is 0 Å². The van der Waals surface area contributed by atoms with E-state index in [2.05, 4.69) is 24.3 Å². The van der Waals surface area contributed by atoms with Crippen LogP contribution in [0.3, 0.4) is 0 Å². The van der Waals surface area contributed by atoms with Crippen molar-refractivity contribution in [2.75, 3.05) is 0 Å². The highest BCUT2D eigenvalue weighted by Gasteiger charge is 2.57. The molecule has 1 saturated carbocycles. The van der Waals surface area contributed by atoms with E-state index in [1.165, 1.54) is 12.8 Å². The maximum absolute atomic E-state index is 6.00. The van der Waals surface area contributed by atoms with E-state index in [1.807, 2.05) is 0 Å². The number of hydrogen-bond donors (Lipinski definition) is 0. The SMILES string of the molecule is C1=C[C@H]2O[C@H]1[C@@H]1C[C@H]3[C@@H](C[C@@H]12)[C@H]1C=C[C@H]3O1. The number of fused-ring (bicyclic) bond motifs is 10. The Morgan fingerprint density at radius 1 is 0.562 bits per heavy atom. The summed E-state index contributed by atoms with van der Waals surface area (Å²) in [6, 6.07) is 0. The molecule has 4 aliphatic heterocycles. The average molecular weight is 216 g/mol. The summed E-state index contributed by atoms with van der Waals surface area (Å²) in [6.07, 6.45) is 13.5. The van der Waals surface area contributed by atoms with Gasteiger partial charge in [-0.3, -0.25) is 0 Å². The van der Waals surface area contributed by atoms with Gasteiger partial charge in [0.15, 0.2) is 0 Å². The van der Waals surface area contributed by atoms with Gasteiger partial charge in [-0.2, -0.15) is 0 Å². The topological polar surface area (TPSA) is 18.5 Å². The Morgan fingerprint density at radius 3 is 1.19 bits per heavy atom. The molecular weight excluding hydrogens is 200 g/mol. The maximum atomic E-state index is 6.00. The van der Waals surface area contributed by atoms with Gasteiger partial charge >= 0.3 is 0 Å². The molecule has 0 aromatic heterocycles. The van der Waals surface area contributed by atoms with Crippen molar-refractivity contribution in [3.63, 3.8) is 0 Å². The van der Waals surface area contributed by atoms with Gasteiger partial charge in [0.2, 0.25) is 0 Å². The fourth-order valence-electron chi connectivity index (χ4n) is 4.80. The van der Waals surface area contributed by atoms with E-state index in [0.29, 0.717) is 24.4 Å². The van der Waals surface area contributed by atoms with Gasteiger partial charge < -0.3 is 9.47 Å². The fourth-order valence-corrected chi connectivity index (χ4v) is 4.80. The second kappa shape index (κ2) is 2.62. The van der Waals surface area contributed by atoms with Crippen LogP contribution < -0.4 is 0 Å². The minimum Gasteiger partial charge on any atom is -0.366 e. The Labute approximate surface area is 95.3 Å². The molecule has 5 aliphatic rings. The lowest BCUT2D eigenvalue weighted by atomic mass is 9.62. The summed E-state index contributed by atoms with van der Waals surface area (Å²) in [5, 5.41) is 0. The Hall–Kier alpha value is -0.600. The molecule has 0 aromatic rings. The molecule has 0 radical (unpaired) electrons. The summed E-state index contributed by atoms with van der Waals surface area (Å²) < 4.78 is 12.0. The van der Waals surface area contributed by atoms with Crippen LogP contribution >= 0.6 is 0 Å². The van der Waals surface area contributed by atoms with E-state index < -0.39 is 0 Å². The summed E-state index contributed by atoms with van der Waals surface area (Å²) in [6.45, 7) is 0. The molecule has 16 heavy (non-hydrogen) atoms. The first-order valence-corrected chi connectivity index (χ1v) is 6.58. The molecule has 4 heterocycles. The molecule has 0 aromatic carbocycles. The molecule has 2 saturated heterocycles. The fraction of sp³-hybridized carbons (Fsp3) is 0.714. The molecule has 2 heteroatoms. The minimum absolute atomic E-state index is 0.430. The van der Waals surface area contributed by atoms with Crippen LogP contribution in [0.5, 0.6) is 0 Å². The smallest absolute Gasteiger partial charge is 0.0796 e. The van der Waals surface area contributed by atoms with Crippen molar-refractivity contribution >= 4 is 0 Å². The number of rotatable bonds is 0. The van der Waals surface area contributed by atoms with Crippen molar-refractivity contribution in [2.45, 2.75) is 37.3 Å². The third kappa shape index (κ3) is 0.844. The van der Waals surface area contributed by atoms with Gasteiger partial charge in [-0.05, 0) is 36.5 Å². The first-order valence-electron chi connectivity index (χ1n) is 6.58. The van der Waals surface area contributed by atoms with Crippen LogP contribution in [0.1, 0.15) is 12.8 Å². The van der Waals surface area contributed by atoms with Crippen LogP contribution in [0.15, 0.2) is 24.3 Å². The highest BCUT2D eigenvalue weighted by Crippen LogP contribution is 2.56. The Morgan fingerprint density at radius 2 is 0.875 bits per heavy atom. The van der Waals surface area contributed by atoms with Crippen molar-refractivity contribution < 1.29 is 9.47 Å². The first-order chi connectivity index (χ1) is 7.90. The Kier molecular flexibility index (Phi) is 1.39. The van der Waals surface area contributed by atoms with Gasteiger partial charge in [0.25, 0.3) is 0 Å². The predicted octanol–water partition coefficient (Wildman–Crippen LogP) is 1.92. The normalized spacial score (nSPS) is 64.0. The van der Waals surface area contributed by atoms with Crippen LogP contribution in [0, 0.1) is 23.7 Å². The lowest BCUT2D eigenvalue weighted by molar-refractivity contribution is 0.0882. The first kappa shape index (κ1) is 8.48. The van der Waals surface area contributed by atoms with Crippen molar-refractivity contribution in [2.24, 2.45) is 23.7 Å². The van der Waals surface area contributed by atoms with Crippen molar-refractivity contribution in [1.82, 2.24) is 0 Å². The van der Waals surface area contributed by atoms with Crippen LogP contribution in [0.4, 0.5) is 0 Å². The van der Waals surface area contributed by atoms with Gasteiger partial charge in [-0.25, -0.2) is 0 Å². The molecule has 4 bridgehead atoms. The zero-order chi connectivity index (χ0) is 10.3. The van der Waals surface area contributed by atoms with Crippen molar-refractivity contribution in [3.05, 3.63) is 24.3 Å². The van der Waals surface area contributed by atoms with Crippen molar-refractivity contribution in [1.29, 1.82) is 0 Å². The second-order valence-corrected chi connectivity index (χ2v) is 6.03. The van der Waals surface area contributed by atoms with Crippen LogP contribution in [0.2, 0.25) is 0 Å². The van der Waals surface area contributed by atoms with E-state index >= 15 is 0 Å². The minimum atomic E-state index is 0.430. The molecule has 3 fully saturated rings. The van der Waals surface area contributed by atoms with Crippen LogP contribution in [-0.4, -0.2) is 24.4 Å². The van der Waals surface area contributed by atoms with Gasteiger partial charge in [0, 0.05) is 0 Å². The summed E-state index contributed by atoms with van der Waals surface area (Å²) in [5.74, 6) is 3.14. The summed E-state index contributed by atoms with van der Waals surface area (Å²) in [5.41, 5.74) is 0. The van der Waals surface area contributed by atoms with Crippen LogP contribution in [0.25, 0.3) is 0 Å². The van der Waals surface area contributed by atoms with E-state index in [-0.39, 0.29) is 0 Å². The molecule has 1 aliphatic carbocycles. The Bertz CT molecular complexity index is 330. The van der Waals surface area contributed by atoms with E-state index in [4.69, 9.17) is 9.47 Å². The van der Waals surface area contributed by atoms with Gasteiger partial charge in [-0.15, -0.1) is 0 Å². The molecule has 5 rings (SSSR count). The lowest BCUT2D eigenvalue weighted by Crippen LogP contribution is -2.39. The molecule has 2 nitrogen and oxygen atoms in total. The van der Waals surface area contributed by atoms with Gasteiger partial charge in [0.1, 0.15) is 0 Å². The summed E-state index contributed by atoms with van der Waals surface area (Å²) in [7, 11) is 0. The lowest BCUT2D eigenvalue weighted by Gasteiger charge is -2.39. The quantitative estimate of drug-likeness (QED) is 0.576. The van der Waals surface area contributed by atoms with E-state index in [9.17, 15) is 0 Å². The van der Waals surface area contributed by atoms with Crippen LogP contribution in [-0.2, 0) is 9.47 Å². The standard InChI is InChI=1S/C14H16O2/c1-2-12-8-6-10-9(5-7(8)11(1)15-12)13-3-4-14(10)16-13/h1-4,7-14H,5-6H2/t7-,8+,9+,10-,11-,12-,13-,14-/m1/s1. The zero-order valence-corrected chi connectivity index (χ0v) is 9.16. The largest absolute Gasteiger partial charge is 0.366 e.